The van der Waals surface area contributed by atoms with Crippen LogP contribution in [0.4, 0.5) is 11.5 Å². The highest BCUT2D eigenvalue weighted by Gasteiger charge is 2.46. The van der Waals surface area contributed by atoms with E-state index in [2.05, 4.69) is 20.0 Å². The first kappa shape index (κ1) is 24.4. The van der Waals surface area contributed by atoms with Crippen molar-refractivity contribution < 1.29 is 47.8 Å². The predicted octanol–water partition coefficient (Wildman–Crippen LogP) is -1.40. The predicted molar refractivity (Wildman–Crippen MR) is 110 cm³/mol. The van der Waals surface area contributed by atoms with E-state index in [0.717, 1.165) is 6.33 Å². The van der Waals surface area contributed by atoms with E-state index >= 15 is 0 Å². The van der Waals surface area contributed by atoms with Gasteiger partial charge in [-0.1, -0.05) is 0 Å². The molecule has 0 aliphatic carbocycles. The standard InChI is InChI=1S/C18H22N4O10S/c1-30-14-15(19-7-20-17(14)31-2)22-33(28,29)9-5-3-8(4-6-9)21-16-12(25)10(23)11(24)13(32-16)18(26)27/h3-7,10-13,16,21,23-25H,1-2H3,(H,26,27)(H,19,20,22)/t10-,11-,12+,13-,16+/m0/s1. The number of rotatable bonds is 8. The minimum Gasteiger partial charge on any atom is -0.489 e. The zero-order valence-electron chi connectivity index (χ0n) is 17.3. The Labute approximate surface area is 187 Å². The number of carbonyl (C=O) groups is 1. The number of methoxy groups -OCH3 is 2. The van der Waals surface area contributed by atoms with Crippen LogP contribution >= 0.6 is 0 Å². The van der Waals surface area contributed by atoms with Crippen molar-refractivity contribution in [3.8, 4) is 11.6 Å². The number of nitrogens with one attached hydrogen (secondary N) is 2. The number of nitrogens with zero attached hydrogens (tertiary/aromatic N) is 2. The van der Waals surface area contributed by atoms with E-state index in [9.17, 15) is 28.5 Å². The number of aliphatic hydroxyl groups excluding tert-OH is 3. The lowest BCUT2D eigenvalue weighted by Gasteiger charge is -2.39. The second-order valence-corrected chi connectivity index (χ2v) is 8.51. The van der Waals surface area contributed by atoms with E-state index in [1.807, 2.05) is 0 Å². The number of sulfonamides is 1. The van der Waals surface area contributed by atoms with Crippen LogP contribution in [0.5, 0.6) is 11.6 Å². The third kappa shape index (κ3) is 5.07. The summed E-state index contributed by atoms with van der Waals surface area (Å²) in [4.78, 5) is 18.7. The fourth-order valence-corrected chi connectivity index (χ4v) is 4.06. The lowest BCUT2D eigenvalue weighted by atomic mass is 9.98. The summed E-state index contributed by atoms with van der Waals surface area (Å²) in [5.74, 6) is -1.65. The first-order chi connectivity index (χ1) is 15.6. The van der Waals surface area contributed by atoms with Gasteiger partial charge in [-0.25, -0.2) is 18.2 Å². The van der Waals surface area contributed by atoms with Crippen molar-refractivity contribution in [2.75, 3.05) is 24.3 Å². The van der Waals surface area contributed by atoms with Gasteiger partial charge in [-0.05, 0) is 24.3 Å². The van der Waals surface area contributed by atoms with Gasteiger partial charge in [-0.3, -0.25) is 4.72 Å². The molecule has 14 nitrogen and oxygen atoms in total. The average Bonchev–Trinajstić information content (AvgIpc) is 2.79. The maximum atomic E-state index is 12.7. The summed E-state index contributed by atoms with van der Waals surface area (Å²) in [7, 11) is -1.47. The van der Waals surface area contributed by atoms with Crippen LogP contribution in [0, 0.1) is 0 Å². The lowest BCUT2D eigenvalue weighted by Crippen LogP contribution is -2.61. The number of aliphatic hydroxyl groups is 3. The molecule has 0 amide bonds. The highest BCUT2D eigenvalue weighted by Crippen LogP contribution is 2.32. The molecule has 0 saturated carbocycles. The molecular weight excluding hydrogens is 464 g/mol. The van der Waals surface area contributed by atoms with E-state index < -0.39 is 46.6 Å². The third-order valence-electron chi connectivity index (χ3n) is 4.73. The Bertz CT molecular complexity index is 1100. The number of hydrogen-bond acceptors (Lipinski definition) is 12. The first-order valence-corrected chi connectivity index (χ1v) is 10.8. The van der Waals surface area contributed by atoms with Crippen molar-refractivity contribution in [1.82, 2.24) is 9.97 Å². The van der Waals surface area contributed by atoms with Crippen LogP contribution < -0.4 is 19.5 Å². The van der Waals surface area contributed by atoms with Crippen LogP contribution in [-0.2, 0) is 19.6 Å². The number of aliphatic carboxylic acids is 1. The van der Waals surface area contributed by atoms with Crippen molar-refractivity contribution in [1.29, 1.82) is 0 Å². The van der Waals surface area contributed by atoms with E-state index in [1.165, 1.54) is 38.5 Å². The summed E-state index contributed by atoms with van der Waals surface area (Å²) < 4.78 is 43.0. The molecule has 1 aliphatic rings. The van der Waals surface area contributed by atoms with Gasteiger partial charge in [0.15, 0.2) is 18.1 Å². The number of anilines is 2. The summed E-state index contributed by atoms with van der Waals surface area (Å²) in [5, 5.41) is 41.5. The monoisotopic (exact) mass is 486 g/mol. The number of aromatic nitrogens is 2. The van der Waals surface area contributed by atoms with E-state index in [-0.39, 0.29) is 28.0 Å². The Kier molecular flexibility index (Phi) is 7.19. The molecule has 6 N–H and O–H groups in total. The van der Waals surface area contributed by atoms with E-state index in [1.54, 1.807) is 0 Å². The van der Waals surface area contributed by atoms with Crippen molar-refractivity contribution in [2.45, 2.75) is 35.5 Å². The molecule has 0 bridgehead atoms. The van der Waals surface area contributed by atoms with Gasteiger partial charge >= 0.3 is 5.97 Å². The van der Waals surface area contributed by atoms with Gasteiger partial charge in [0.1, 0.15) is 24.6 Å². The Morgan fingerprint density at radius 1 is 1.03 bits per heavy atom. The minimum atomic E-state index is -4.10. The molecule has 33 heavy (non-hydrogen) atoms. The van der Waals surface area contributed by atoms with E-state index in [4.69, 9.17) is 19.3 Å². The highest BCUT2D eigenvalue weighted by molar-refractivity contribution is 7.92. The summed E-state index contributed by atoms with van der Waals surface area (Å²) >= 11 is 0. The van der Waals surface area contributed by atoms with Crippen LogP contribution in [0.2, 0.25) is 0 Å². The fourth-order valence-electron chi connectivity index (χ4n) is 3.04. The number of hydrogen-bond donors (Lipinski definition) is 6. The third-order valence-corrected chi connectivity index (χ3v) is 6.08. The molecule has 1 aromatic heterocycles. The van der Waals surface area contributed by atoms with Crippen LogP contribution in [-0.4, -0.2) is 89.6 Å². The zero-order valence-corrected chi connectivity index (χ0v) is 18.1. The van der Waals surface area contributed by atoms with Crippen LogP contribution in [0.3, 0.4) is 0 Å². The summed E-state index contributed by atoms with van der Waals surface area (Å²) in [6.07, 6.45) is -7.32. The summed E-state index contributed by atoms with van der Waals surface area (Å²) in [6, 6.07) is 5.11. The van der Waals surface area contributed by atoms with Crippen molar-refractivity contribution >= 4 is 27.5 Å². The molecule has 1 fully saturated rings. The largest absolute Gasteiger partial charge is 0.489 e. The normalized spacial score (nSPS) is 25.2. The van der Waals surface area contributed by atoms with Gasteiger partial charge in [0.05, 0.1) is 19.1 Å². The zero-order chi connectivity index (χ0) is 24.3. The average molecular weight is 486 g/mol. The van der Waals surface area contributed by atoms with Gasteiger partial charge in [-0.15, -0.1) is 0 Å². The molecule has 180 valence electrons. The highest BCUT2D eigenvalue weighted by atomic mass is 32.2. The van der Waals surface area contributed by atoms with Crippen molar-refractivity contribution in [3.63, 3.8) is 0 Å². The molecule has 2 aromatic rings. The maximum absolute atomic E-state index is 12.7. The smallest absolute Gasteiger partial charge is 0.335 e. The molecular formula is C18H22N4O10S. The molecule has 3 rings (SSSR count). The molecule has 15 heteroatoms. The van der Waals surface area contributed by atoms with Gasteiger partial charge < -0.3 is 40.0 Å². The first-order valence-electron chi connectivity index (χ1n) is 9.34. The van der Waals surface area contributed by atoms with Crippen molar-refractivity contribution in [3.05, 3.63) is 30.6 Å². The number of benzene rings is 1. The fraction of sp³-hybridized carbons (Fsp3) is 0.389. The molecule has 1 aromatic carbocycles. The molecule has 2 heterocycles. The number of carboxylic acids is 1. The molecule has 0 radical (unpaired) electrons. The Morgan fingerprint density at radius 2 is 1.70 bits per heavy atom. The van der Waals surface area contributed by atoms with Crippen LogP contribution in [0.25, 0.3) is 0 Å². The second-order valence-electron chi connectivity index (χ2n) is 6.83. The summed E-state index contributed by atoms with van der Waals surface area (Å²) in [6.45, 7) is 0. The molecule has 1 aliphatic heterocycles. The van der Waals surface area contributed by atoms with Crippen LogP contribution in [0.1, 0.15) is 0 Å². The van der Waals surface area contributed by atoms with Crippen molar-refractivity contribution in [2.24, 2.45) is 0 Å². The van der Waals surface area contributed by atoms with Gasteiger partial charge in [0.2, 0.25) is 5.75 Å². The number of carboxylic acid groups (broad SMARTS) is 1. The SMILES string of the molecule is COc1ncnc(NS(=O)(=O)c2ccc(N[C@@H]3O[C@H](C(=O)O)[C@@H](O)[C@H](O)[C@H]3O)cc2)c1OC. The summed E-state index contributed by atoms with van der Waals surface area (Å²) in [5.41, 5.74) is 0.243. The molecule has 1 saturated heterocycles. The maximum Gasteiger partial charge on any atom is 0.335 e. The Balaban J connectivity index is 1.77. The number of ether oxygens (including phenoxy) is 3. The van der Waals surface area contributed by atoms with Gasteiger partial charge in [0, 0.05) is 5.69 Å². The quantitative estimate of drug-likeness (QED) is 0.254. The lowest BCUT2D eigenvalue weighted by molar-refractivity contribution is -0.221. The minimum absolute atomic E-state index is 0.0148. The molecule has 0 unspecified atom stereocenters. The Hall–Kier alpha value is -3.24. The Morgan fingerprint density at radius 3 is 2.27 bits per heavy atom. The van der Waals surface area contributed by atoms with E-state index in [0.29, 0.717) is 0 Å². The topological polar surface area (TPSA) is 210 Å². The van der Waals surface area contributed by atoms with Crippen LogP contribution in [0.15, 0.2) is 35.5 Å². The molecule has 5 atom stereocenters. The molecule has 0 spiro atoms. The van der Waals surface area contributed by atoms with Gasteiger partial charge in [0.25, 0.3) is 15.9 Å². The van der Waals surface area contributed by atoms with Gasteiger partial charge in [-0.2, -0.15) is 4.98 Å². The second kappa shape index (κ2) is 9.72.